The van der Waals surface area contributed by atoms with E-state index >= 15 is 0 Å². The van der Waals surface area contributed by atoms with Gasteiger partial charge in [-0.2, -0.15) is 13.2 Å². The van der Waals surface area contributed by atoms with Crippen LogP contribution in [0.3, 0.4) is 0 Å². The maximum Gasteiger partial charge on any atom is 0.421 e. The van der Waals surface area contributed by atoms with Gasteiger partial charge in [-0.05, 0) is 60.7 Å². The number of amides is 2. The maximum atomic E-state index is 13.3. The largest absolute Gasteiger partial charge is 0.421 e. The maximum absolute atomic E-state index is 13.3. The van der Waals surface area contributed by atoms with Crippen LogP contribution in [0, 0.1) is 5.41 Å². The summed E-state index contributed by atoms with van der Waals surface area (Å²) in [7, 11) is -3.50. The van der Waals surface area contributed by atoms with Crippen molar-refractivity contribution in [1.29, 1.82) is 0 Å². The molecule has 2 N–H and O–H groups in total. The average Bonchev–Trinajstić information content (AvgIpc) is 3.39. The molecular weight excluding hydrogens is 485 g/mol. The molecule has 0 radical (unpaired) electrons. The number of carbonyl (C=O) groups excluding carboxylic acids is 2. The number of nitrogens with one attached hydrogen (secondary N) is 1. The summed E-state index contributed by atoms with van der Waals surface area (Å²) in [5.74, 6) is -0.796. The van der Waals surface area contributed by atoms with Crippen LogP contribution in [0.15, 0.2) is 47.4 Å². The summed E-state index contributed by atoms with van der Waals surface area (Å²) in [6, 6.07) is 7.95. The minimum atomic E-state index is -4.88. The highest BCUT2D eigenvalue weighted by Crippen LogP contribution is 2.49. The van der Waals surface area contributed by atoms with Crippen LogP contribution in [0.4, 0.5) is 18.9 Å². The molecule has 2 amide bonds. The normalized spacial score (nSPS) is 20.7. The molecule has 2 aliphatic rings. The van der Waals surface area contributed by atoms with Gasteiger partial charge in [0.05, 0.1) is 4.90 Å². The number of hydrogen-bond acceptors (Lipinski definition) is 5. The van der Waals surface area contributed by atoms with Gasteiger partial charge in [-0.1, -0.05) is 25.1 Å². The topological polar surface area (TPSA) is 104 Å². The first-order valence-electron chi connectivity index (χ1n) is 10.9. The highest BCUT2D eigenvalue weighted by molar-refractivity contribution is 7.90. The van der Waals surface area contributed by atoms with Gasteiger partial charge in [-0.15, -0.1) is 0 Å². The summed E-state index contributed by atoms with van der Waals surface area (Å²) in [5.41, 5.74) is -2.80. The van der Waals surface area contributed by atoms with Gasteiger partial charge in [0.1, 0.15) is 6.04 Å². The van der Waals surface area contributed by atoms with E-state index in [9.17, 15) is 36.3 Å². The average molecular weight is 511 g/mol. The molecule has 2 unspecified atom stereocenters. The van der Waals surface area contributed by atoms with E-state index in [4.69, 9.17) is 0 Å². The summed E-state index contributed by atoms with van der Waals surface area (Å²) in [6.07, 6.45) is -2.44. The number of fused-ring (bicyclic) bond motifs is 1. The first-order valence-corrected chi connectivity index (χ1v) is 12.8. The minimum Gasteiger partial charge on any atom is -0.376 e. The first kappa shape index (κ1) is 25.2. The number of nitrogens with zero attached hydrogens (tertiary/aromatic N) is 1. The summed E-state index contributed by atoms with van der Waals surface area (Å²) >= 11 is 0. The van der Waals surface area contributed by atoms with Crippen LogP contribution in [0.5, 0.6) is 0 Å². The molecule has 4 rings (SSSR count). The van der Waals surface area contributed by atoms with Gasteiger partial charge in [-0.25, -0.2) is 8.42 Å². The number of aliphatic hydroxyl groups is 1. The van der Waals surface area contributed by atoms with Crippen molar-refractivity contribution in [3.05, 3.63) is 59.2 Å². The third kappa shape index (κ3) is 4.54. The number of hydrogen-bond donors (Lipinski definition) is 2. The number of anilines is 1. The lowest BCUT2D eigenvalue weighted by Crippen LogP contribution is -2.40. The quantitative estimate of drug-likeness (QED) is 0.639. The van der Waals surface area contributed by atoms with Gasteiger partial charge < -0.3 is 15.3 Å². The van der Waals surface area contributed by atoms with Crippen molar-refractivity contribution < 1.29 is 36.3 Å². The smallest absolute Gasteiger partial charge is 0.376 e. The molecule has 1 fully saturated rings. The van der Waals surface area contributed by atoms with Crippen molar-refractivity contribution >= 4 is 27.3 Å². The Balaban J connectivity index is 1.63. The van der Waals surface area contributed by atoms with Gasteiger partial charge >= 0.3 is 6.18 Å². The van der Waals surface area contributed by atoms with Crippen molar-refractivity contribution in [2.45, 2.75) is 55.9 Å². The van der Waals surface area contributed by atoms with Crippen LogP contribution in [0.25, 0.3) is 0 Å². The molecule has 1 aliphatic carbocycles. The molecule has 7 nitrogen and oxygen atoms in total. The SMILES string of the molecule is CC1(C(=O)N2Cc3cc(S(C)(=O)=O)ccc3C2C(=O)Nc2ccc(C(C)(O)C(F)(F)F)cc2)CC1. The summed E-state index contributed by atoms with van der Waals surface area (Å²) in [5, 5.41) is 12.5. The minimum absolute atomic E-state index is 0.0680. The lowest BCUT2D eigenvalue weighted by molar-refractivity contribution is -0.258. The fourth-order valence-electron chi connectivity index (χ4n) is 4.13. The molecule has 2 aromatic carbocycles. The summed E-state index contributed by atoms with van der Waals surface area (Å²) in [6.45, 7) is 2.52. The zero-order valence-corrected chi connectivity index (χ0v) is 20.1. The van der Waals surface area contributed by atoms with Gasteiger partial charge in [0.25, 0.3) is 5.91 Å². The van der Waals surface area contributed by atoms with Crippen molar-refractivity contribution in [1.82, 2.24) is 4.90 Å². The second-order valence-corrected chi connectivity index (χ2v) is 11.7. The molecule has 0 aromatic heterocycles. The monoisotopic (exact) mass is 510 g/mol. The van der Waals surface area contributed by atoms with Gasteiger partial charge in [0.15, 0.2) is 15.4 Å². The molecule has 0 saturated heterocycles. The standard InChI is InChI=1S/C24H25F3N2O5S/c1-22(10-11-22)21(31)29-13-14-12-17(35(3,33)34)8-9-18(14)19(29)20(30)28-16-6-4-15(5-7-16)23(2,32)24(25,26)27/h4-9,12,19,32H,10-11,13H2,1-3H3,(H,28,30). The Labute approximate surface area is 200 Å². The fourth-order valence-corrected chi connectivity index (χ4v) is 4.80. The Morgan fingerprint density at radius 1 is 1.11 bits per heavy atom. The zero-order valence-electron chi connectivity index (χ0n) is 19.3. The highest BCUT2D eigenvalue weighted by Gasteiger charge is 2.52. The molecule has 1 saturated carbocycles. The van der Waals surface area contributed by atoms with E-state index in [1.165, 1.54) is 35.2 Å². The predicted molar refractivity (Wildman–Crippen MR) is 121 cm³/mol. The van der Waals surface area contributed by atoms with Crippen LogP contribution in [-0.4, -0.2) is 42.7 Å². The molecule has 1 heterocycles. The van der Waals surface area contributed by atoms with Gasteiger partial charge in [0.2, 0.25) is 5.91 Å². The van der Waals surface area contributed by atoms with E-state index in [2.05, 4.69) is 5.32 Å². The predicted octanol–water partition coefficient (Wildman–Crippen LogP) is 3.68. The van der Waals surface area contributed by atoms with E-state index in [-0.39, 0.29) is 28.6 Å². The van der Waals surface area contributed by atoms with Crippen molar-refractivity contribution in [3.8, 4) is 0 Å². The van der Waals surface area contributed by atoms with Crippen molar-refractivity contribution in [2.24, 2.45) is 5.41 Å². The van der Waals surface area contributed by atoms with E-state index in [0.717, 1.165) is 18.4 Å². The second-order valence-electron chi connectivity index (χ2n) is 9.67. The van der Waals surface area contributed by atoms with E-state index in [1.807, 2.05) is 0 Å². The number of carbonyl (C=O) groups is 2. The van der Waals surface area contributed by atoms with E-state index < -0.39 is 39.0 Å². The van der Waals surface area contributed by atoms with Crippen molar-refractivity contribution in [3.63, 3.8) is 0 Å². The van der Waals surface area contributed by atoms with Gasteiger partial charge in [-0.3, -0.25) is 9.59 Å². The van der Waals surface area contributed by atoms with Crippen molar-refractivity contribution in [2.75, 3.05) is 11.6 Å². The Hall–Kier alpha value is -2.92. The molecule has 2 aromatic rings. The number of halogens is 3. The van der Waals surface area contributed by atoms with Crippen LogP contribution in [-0.2, 0) is 31.6 Å². The molecular formula is C24H25F3N2O5S. The molecule has 188 valence electrons. The summed E-state index contributed by atoms with van der Waals surface area (Å²) in [4.78, 5) is 28.0. The van der Waals surface area contributed by atoms with Gasteiger partial charge in [0, 0.05) is 23.9 Å². The number of alkyl halides is 3. The van der Waals surface area contributed by atoms with Crippen LogP contribution in [0.1, 0.15) is 49.4 Å². The number of rotatable bonds is 5. The number of sulfone groups is 1. The Morgan fingerprint density at radius 2 is 1.71 bits per heavy atom. The Kier molecular flexibility index (Phi) is 5.80. The molecule has 2 atom stereocenters. The van der Waals surface area contributed by atoms with E-state index in [1.54, 1.807) is 6.92 Å². The molecule has 11 heteroatoms. The first-order chi connectivity index (χ1) is 16.0. The number of benzene rings is 2. The van der Waals surface area contributed by atoms with Crippen LogP contribution in [0.2, 0.25) is 0 Å². The van der Waals surface area contributed by atoms with Crippen LogP contribution < -0.4 is 5.32 Å². The molecule has 0 spiro atoms. The highest BCUT2D eigenvalue weighted by atomic mass is 32.2. The molecule has 0 bridgehead atoms. The lowest BCUT2D eigenvalue weighted by atomic mass is 9.95. The zero-order chi connectivity index (χ0) is 26.0. The molecule has 1 aliphatic heterocycles. The molecule has 35 heavy (non-hydrogen) atoms. The Morgan fingerprint density at radius 3 is 2.23 bits per heavy atom. The van der Waals surface area contributed by atoms with Crippen LogP contribution >= 0.6 is 0 Å². The van der Waals surface area contributed by atoms with E-state index in [0.29, 0.717) is 30.9 Å². The Bertz CT molecular complexity index is 1300. The second kappa shape index (κ2) is 8.06. The lowest BCUT2D eigenvalue weighted by Gasteiger charge is -2.28. The summed E-state index contributed by atoms with van der Waals surface area (Å²) < 4.78 is 63.3. The third-order valence-electron chi connectivity index (χ3n) is 6.78. The fraction of sp³-hybridized carbons (Fsp3) is 0.417. The third-order valence-corrected chi connectivity index (χ3v) is 7.89.